The zero-order valence-corrected chi connectivity index (χ0v) is 25.9. The van der Waals surface area contributed by atoms with Gasteiger partial charge in [-0.2, -0.15) is 0 Å². The first-order valence-electron chi connectivity index (χ1n) is 15.6. The Morgan fingerprint density at radius 1 is 0.932 bits per heavy atom. The number of hydrogen-bond donors (Lipinski definition) is 3. The van der Waals surface area contributed by atoms with E-state index in [0.29, 0.717) is 19.5 Å². The number of carbonyl (C=O) groups excluding carboxylic acids is 2. The molecule has 0 bridgehead atoms. The maximum Gasteiger partial charge on any atom is 0.220 e. The lowest BCUT2D eigenvalue weighted by atomic mass is 9.99. The highest BCUT2D eigenvalue weighted by atomic mass is 16.7. The number of aliphatic hydroxyl groups excluding tert-OH is 1. The van der Waals surface area contributed by atoms with Crippen LogP contribution >= 0.6 is 0 Å². The number of nitrogens with zero attached hydrogens (tertiary/aromatic N) is 2. The fraction of sp³-hybridized carbons (Fsp3) is 0.457. The van der Waals surface area contributed by atoms with Crippen molar-refractivity contribution in [2.24, 2.45) is 0 Å². The van der Waals surface area contributed by atoms with Gasteiger partial charge < -0.3 is 30.1 Å². The van der Waals surface area contributed by atoms with E-state index in [9.17, 15) is 14.7 Å². The highest BCUT2D eigenvalue weighted by molar-refractivity contribution is 5.75. The van der Waals surface area contributed by atoms with E-state index in [1.54, 1.807) is 0 Å². The predicted octanol–water partition coefficient (Wildman–Crippen LogP) is 4.61. The van der Waals surface area contributed by atoms with Crippen molar-refractivity contribution in [2.75, 3.05) is 26.7 Å². The molecule has 3 atom stereocenters. The number of likely N-dealkylation sites (N-methyl/N-ethyl adjacent to an activating group) is 1. The van der Waals surface area contributed by atoms with Gasteiger partial charge in [-0.15, -0.1) is 0 Å². The van der Waals surface area contributed by atoms with Crippen molar-refractivity contribution in [1.82, 2.24) is 20.5 Å². The Kier molecular flexibility index (Phi) is 13.3. The van der Waals surface area contributed by atoms with Crippen molar-refractivity contribution in [3.8, 4) is 0 Å². The lowest BCUT2D eigenvalue weighted by Gasteiger charge is -2.38. The Labute approximate surface area is 261 Å². The molecule has 1 fully saturated rings. The van der Waals surface area contributed by atoms with Gasteiger partial charge in [0.15, 0.2) is 6.29 Å². The van der Waals surface area contributed by atoms with Crippen molar-refractivity contribution in [3.05, 3.63) is 101 Å². The molecule has 44 heavy (non-hydrogen) atoms. The molecule has 0 aliphatic carbocycles. The molecule has 1 aliphatic heterocycles. The molecule has 4 rings (SSSR count). The summed E-state index contributed by atoms with van der Waals surface area (Å²) < 4.78 is 13.0. The molecule has 236 valence electrons. The van der Waals surface area contributed by atoms with E-state index in [0.717, 1.165) is 73.1 Å². The predicted molar refractivity (Wildman–Crippen MR) is 169 cm³/mol. The van der Waals surface area contributed by atoms with Gasteiger partial charge in [0.1, 0.15) is 0 Å². The topological polar surface area (TPSA) is 113 Å². The second kappa shape index (κ2) is 17.6. The van der Waals surface area contributed by atoms with E-state index in [1.807, 2.05) is 66.9 Å². The normalized spacial score (nSPS) is 18.2. The summed E-state index contributed by atoms with van der Waals surface area (Å²) in [4.78, 5) is 29.9. The van der Waals surface area contributed by atoms with E-state index < -0.39 is 6.29 Å². The summed E-state index contributed by atoms with van der Waals surface area (Å²) in [5, 5.41) is 15.3. The summed E-state index contributed by atoms with van der Waals surface area (Å²) in [6.45, 7) is 4.26. The summed E-state index contributed by atoms with van der Waals surface area (Å²) in [5.41, 5.74) is 4.93. The average Bonchev–Trinajstić information content (AvgIpc) is 3.05. The molecule has 9 nitrogen and oxygen atoms in total. The second-order valence-corrected chi connectivity index (χ2v) is 11.5. The molecule has 0 radical (unpaired) electrons. The van der Waals surface area contributed by atoms with Crippen LogP contribution in [0.4, 0.5) is 0 Å². The third-order valence-electron chi connectivity index (χ3n) is 7.80. The molecular formula is C35H46N4O5. The van der Waals surface area contributed by atoms with Gasteiger partial charge in [-0.3, -0.25) is 14.6 Å². The molecule has 0 saturated carbocycles. The minimum atomic E-state index is -0.526. The lowest BCUT2D eigenvalue weighted by molar-refractivity contribution is -0.252. The van der Waals surface area contributed by atoms with E-state index >= 15 is 0 Å². The molecule has 2 amide bonds. The van der Waals surface area contributed by atoms with Crippen LogP contribution in [0.25, 0.3) is 0 Å². The monoisotopic (exact) mass is 602 g/mol. The van der Waals surface area contributed by atoms with E-state index in [4.69, 9.17) is 9.47 Å². The molecule has 2 heterocycles. The van der Waals surface area contributed by atoms with Gasteiger partial charge >= 0.3 is 0 Å². The number of nitrogens with one attached hydrogen (secondary N) is 2. The van der Waals surface area contributed by atoms with E-state index in [1.165, 1.54) is 6.92 Å². The molecule has 9 heteroatoms. The average molecular weight is 603 g/mol. The van der Waals surface area contributed by atoms with Gasteiger partial charge in [-0.05, 0) is 48.7 Å². The van der Waals surface area contributed by atoms with Crippen molar-refractivity contribution in [3.63, 3.8) is 0 Å². The van der Waals surface area contributed by atoms with Crippen molar-refractivity contribution in [2.45, 2.75) is 77.1 Å². The summed E-state index contributed by atoms with van der Waals surface area (Å²) >= 11 is 0. The smallest absolute Gasteiger partial charge is 0.220 e. The van der Waals surface area contributed by atoms with Crippen molar-refractivity contribution >= 4 is 11.8 Å². The quantitative estimate of drug-likeness (QED) is 0.205. The highest BCUT2D eigenvalue weighted by Crippen LogP contribution is 2.38. The standard InChI is InChI=1S/C35H46N4O5/c1-26(41)36-19-6-3-4-9-34(42)38-23-27-10-16-30(17-11-27)35-43-32(24-39(2)21-18-31-8-5-7-20-37-31)22-33(44-35)29-14-12-28(25-40)13-15-29/h5,7-8,10-17,20,32-33,35,40H,3-4,6,9,18-19,21-25H2,1-2H3,(H,36,41)(H,38,42)/t32-,33+,35+/m1/s1. The molecule has 0 spiro atoms. The largest absolute Gasteiger partial charge is 0.392 e. The lowest BCUT2D eigenvalue weighted by Crippen LogP contribution is -2.38. The van der Waals surface area contributed by atoms with Gasteiger partial charge in [0.2, 0.25) is 11.8 Å². The van der Waals surface area contributed by atoms with Crippen LogP contribution < -0.4 is 10.6 Å². The summed E-state index contributed by atoms with van der Waals surface area (Å²) in [5.74, 6) is 0.00116. The first kappa shape index (κ1) is 33.3. The maximum absolute atomic E-state index is 12.3. The number of benzene rings is 2. The number of carbonyl (C=O) groups is 2. The van der Waals surface area contributed by atoms with Gasteiger partial charge in [-0.25, -0.2) is 0 Å². The Bertz CT molecular complexity index is 1290. The zero-order chi connectivity index (χ0) is 31.1. The van der Waals surface area contributed by atoms with E-state index in [-0.39, 0.29) is 30.6 Å². The number of rotatable bonds is 16. The fourth-order valence-electron chi connectivity index (χ4n) is 5.26. The van der Waals surface area contributed by atoms with Crippen LogP contribution in [0.5, 0.6) is 0 Å². The third-order valence-corrected chi connectivity index (χ3v) is 7.80. The van der Waals surface area contributed by atoms with Gasteiger partial charge in [0.05, 0.1) is 18.8 Å². The first-order chi connectivity index (χ1) is 21.4. The van der Waals surface area contributed by atoms with Crippen LogP contribution in [0.1, 0.15) is 79.4 Å². The Hall–Kier alpha value is -3.63. The van der Waals surface area contributed by atoms with Crippen LogP contribution in [-0.2, 0) is 38.6 Å². The van der Waals surface area contributed by atoms with E-state index in [2.05, 4.69) is 33.6 Å². The van der Waals surface area contributed by atoms with Crippen LogP contribution in [-0.4, -0.2) is 59.6 Å². The van der Waals surface area contributed by atoms with Crippen LogP contribution in [0.3, 0.4) is 0 Å². The molecule has 1 aromatic heterocycles. The molecular weight excluding hydrogens is 556 g/mol. The van der Waals surface area contributed by atoms with Crippen LogP contribution in [0.2, 0.25) is 0 Å². The molecule has 0 unspecified atom stereocenters. The number of aromatic nitrogens is 1. The molecule has 2 aromatic carbocycles. The van der Waals surface area contributed by atoms with Crippen LogP contribution in [0, 0.1) is 0 Å². The van der Waals surface area contributed by atoms with Gasteiger partial charge in [0, 0.05) is 69.8 Å². The Balaban J connectivity index is 1.32. The molecule has 1 aliphatic rings. The number of ether oxygens (including phenoxy) is 2. The fourth-order valence-corrected chi connectivity index (χ4v) is 5.26. The number of aliphatic hydroxyl groups is 1. The summed E-state index contributed by atoms with van der Waals surface area (Å²) in [7, 11) is 2.11. The second-order valence-electron chi connectivity index (χ2n) is 11.5. The SMILES string of the molecule is CC(=O)NCCCCCC(=O)NCc1ccc([C@H]2O[C@@H](CN(C)CCc3ccccn3)C[C@@H](c3ccc(CO)cc3)O2)cc1. The summed E-state index contributed by atoms with van der Waals surface area (Å²) in [6.07, 6.45) is 5.75. The first-order valence-corrected chi connectivity index (χ1v) is 15.6. The molecule has 1 saturated heterocycles. The highest BCUT2D eigenvalue weighted by Gasteiger charge is 2.32. The summed E-state index contributed by atoms with van der Waals surface area (Å²) in [6, 6.07) is 21.9. The maximum atomic E-state index is 12.3. The zero-order valence-electron chi connectivity index (χ0n) is 25.9. The van der Waals surface area contributed by atoms with Gasteiger partial charge in [-0.1, -0.05) is 61.0 Å². The Morgan fingerprint density at radius 3 is 2.39 bits per heavy atom. The molecule has 3 aromatic rings. The minimum Gasteiger partial charge on any atom is -0.392 e. The number of hydrogen-bond acceptors (Lipinski definition) is 7. The van der Waals surface area contributed by atoms with Crippen molar-refractivity contribution in [1.29, 1.82) is 0 Å². The number of pyridine rings is 1. The number of amides is 2. The molecule has 3 N–H and O–H groups in total. The Morgan fingerprint density at radius 2 is 1.68 bits per heavy atom. The third kappa shape index (κ3) is 11.1. The minimum absolute atomic E-state index is 0.00791. The number of unbranched alkanes of at least 4 members (excludes halogenated alkanes) is 2. The van der Waals surface area contributed by atoms with Crippen LogP contribution in [0.15, 0.2) is 72.9 Å². The van der Waals surface area contributed by atoms with Crippen molar-refractivity contribution < 1.29 is 24.2 Å². The van der Waals surface area contributed by atoms with Gasteiger partial charge in [0.25, 0.3) is 0 Å².